The molecule has 0 aliphatic rings. The molecule has 1 aromatic rings. The Balaban J connectivity index is 2.35. The van der Waals surface area contributed by atoms with Crippen molar-refractivity contribution in [2.45, 2.75) is 26.4 Å². The first kappa shape index (κ1) is 19.4. The molecule has 8 nitrogen and oxygen atoms in total. The standard InChI is InChI=1S/C16H25N3O5/c1-16(2,3)24-15(21)18-9-8-17-14(20)19-11-6-7-12(22-4)13(10-11)23-5/h6-7,10H,8-9H2,1-5H3,(H,18,21)(H2,17,19,20). The van der Waals surface area contributed by atoms with Gasteiger partial charge in [0.25, 0.3) is 0 Å². The van der Waals surface area contributed by atoms with E-state index in [1.165, 1.54) is 14.2 Å². The molecule has 0 aliphatic heterocycles. The van der Waals surface area contributed by atoms with Gasteiger partial charge < -0.3 is 30.2 Å². The zero-order valence-electron chi connectivity index (χ0n) is 14.7. The van der Waals surface area contributed by atoms with Crippen LogP contribution in [0.3, 0.4) is 0 Å². The molecule has 0 aliphatic carbocycles. The van der Waals surface area contributed by atoms with Crippen LogP contribution in [-0.4, -0.2) is 45.0 Å². The van der Waals surface area contributed by atoms with Gasteiger partial charge in [0.15, 0.2) is 11.5 Å². The van der Waals surface area contributed by atoms with Crippen molar-refractivity contribution in [2.75, 3.05) is 32.6 Å². The third-order valence-corrected chi connectivity index (χ3v) is 2.72. The van der Waals surface area contributed by atoms with E-state index in [1.54, 1.807) is 39.0 Å². The van der Waals surface area contributed by atoms with Crippen LogP contribution in [0.25, 0.3) is 0 Å². The van der Waals surface area contributed by atoms with Gasteiger partial charge in [-0.25, -0.2) is 9.59 Å². The van der Waals surface area contributed by atoms with Crippen LogP contribution in [0.5, 0.6) is 11.5 Å². The van der Waals surface area contributed by atoms with Gasteiger partial charge in [-0.3, -0.25) is 0 Å². The number of carbonyl (C=O) groups is 2. The van der Waals surface area contributed by atoms with E-state index in [1.807, 2.05) is 0 Å². The van der Waals surface area contributed by atoms with Crippen LogP contribution in [0.4, 0.5) is 15.3 Å². The number of methoxy groups -OCH3 is 2. The van der Waals surface area contributed by atoms with E-state index in [-0.39, 0.29) is 13.1 Å². The second-order valence-corrected chi connectivity index (χ2v) is 5.88. The van der Waals surface area contributed by atoms with Gasteiger partial charge in [-0.1, -0.05) is 0 Å². The van der Waals surface area contributed by atoms with Gasteiger partial charge in [-0.15, -0.1) is 0 Å². The summed E-state index contributed by atoms with van der Waals surface area (Å²) in [7, 11) is 3.05. The highest BCUT2D eigenvalue weighted by molar-refractivity contribution is 5.89. The second kappa shape index (κ2) is 8.85. The molecule has 0 spiro atoms. The number of ether oxygens (including phenoxy) is 3. The highest BCUT2D eigenvalue weighted by Gasteiger charge is 2.15. The summed E-state index contributed by atoms with van der Waals surface area (Å²) < 4.78 is 15.4. The number of amides is 3. The van der Waals surface area contributed by atoms with Crippen LogP contribution in [0, 0.1) is 0 Å². The lowest BCUT2D eigenvalue weighted by molar-refractivity contribution is 0.0528. The fraction of sp³-hybridized carbons (Fsp3) is 0.500. The number of hydrogen-bond acceptors (Lipinski definition) is 5. The van der Waals surface area contributed by atoms with E-state index in [2.05, 4.69) is 16.0 Å². The maximum atomic E-state index is 11.8. The van der Waals surface area contributed by atoms with E-state index in [9.17, 15) is 9.59 Å². The lowest BCUT2D eigenvalue weighted by Gasteiger charge is -2.19. The highest BCUT2D eigenvalue weighted by atomic mass is 16.6. The van der Waals surface area contributed by atoms with Gasteiger partial charge >= 0.3 is 12.1 Å². The van der Waals surface area contributed by atoms with E-state index in [0.29, 0.717) is 17.2 Å². The number of urea groups is 1. The van der Waals surface area contributed by atoms with Gasteiger partial charge in [0.2, 0.25) is 0 Å². The topological polar surface area (TPSA) is 97.9 Å². The normalized spacial score (nSPS) is 10.5. The van der Waals surface area contributed by atoms with Gasteiger partial charge in [-0.05, 0) is 32.9 Å². The molecule has 3 amide bonds. The number of rotatable bonds is 6. The van der Waals surface area contributed by atoms with Crippen LogP contribution < -0.4 is 25.4 Å². The second-order valence-electron chi connectivity index (χ2n) is 5.88. The minimum absolute atomic E-state index is 0.258. The highest BCUT2D eigenvalue weighted by Crippen LogP contribution is 2.29. The van der Waals surface area contributed by atoms with Crippen molar-refractivity contribution < 1.29 is 23.8 Å². The zero-order valence-corrected chi connectivity index (χ0v) is 14.7. The molecule has 0 unspecified atom stereocenters. The van der Waals surface area contributed by atoms with Gasteiger partial charge in [0, 0.05) is 24.8 Å². The van der Waals surface area contributed by atoms with Crippen LogP contribution in [0.2, 0.25) is 0 Å². The fourth-order valence-electron chi connectivity index (χ4n) is 1.74. The third-order valence-electron chi connectivity index (χ3n) is 2.72. The maximum absolute atomic E-state index is 11.8. The van der Waals surface area contributed by atoms with Crippen LogP contribution >= 0.6 is 0 Å². The Morgan fingerprint density at radius 2 is 1.62 bits per heavy atom. The average Bonchev–Trinajstić information content (AvgIpc) is 2.49. The summed E-state index contributed by atoms with van der Waals surface area (Å²) in [6.07, 6.45) is -0.524. The number of alkyl carbamates (subject to hydrolysis) is 1. The molecule has 8 heteroatoms. The fourth-order valence-corrected chi connectivity index (χ4v) is 1.74. The summed E-state index contributed by atoms with van der Waals surface area (Å²) >= 11 is 0. The number of hydrogen-bond donors (Lipinski definition) is 3. The Morgan fingerprint density at radius 1 is 1.00 bits per heavy atom. The van der Waals surface area contributed by atoms with Crippen LogP contribution in [-0.2, 0) is 4.74 Å². The molecule has 1 aromatic carbocycles. The van der Waals surface area contributed by atoms with Crippen molar-refractivity contribution in [1.29, 1.82) is 0 Å². The van der Waals surface area contributed by atoms with Gasteiger partial charge in [-0.2, -0.15) is 0 Å². The number of nitrogens with one attached hydrogen (secondary N) is 3. The van der Waals surface area contributed by atoms with Crippen molar-refractivity contribution in [3.8, 4) is 11.5 Å². The molecule has 134 valence electrons. The first-order valence-corrected chi connectivity index (χ1v) is 7.49. The minimum Gasteiger partial charge on any atom is -0.493 e. The zero-order chi connectivity index (χ0) is 18.2. The number of benzene rings is 1. The van der Waals surface area contributed by atoms with Crippen molar-refractivity contribution in [2.24, 2.45) is 0 Å². The largest absolute Gasteiger partial charge is 0.493 e. The lowest BCUT2D eigenvalue weighted by Crippen LogP contribution is -2.39. The molecule has 0 bridgehead atoms. The predicted octanol–water partition coefficient (Wildman–Crippen LogP) is 2.35. The van der Waals surface area contributed by atoms with Crippen molar-refractivity contribution in [1.82, 2.24) is 10.6 Å². The smallest absolute Gasteiger partial charge is 0.407 e. The van der Waals surface area contributed by atoms with E-state index < -0.39 is 17.7 Å². The Kier molecular flexibility index (Phi) is 7.16. The molecular weight excluding hydrogens is 314 g/mol. The molecule has 0 saturated heterocycles. The summed E-state index contributed by atoms with van der Waals surface area (Å²) in [6, 6.07) is 4.64. The molecule has 0 aromatic heterocycles. The van der Waals surface area contributed by atoms with Crippen molar-refractivity contribution in [3.05, 3.63) is 18.2 Å². The average molecular weight is 339 g/mol. The Labute approximate surface area is 141 Å². The quantitative estimate of drug-likeness (QED) is 0.691. The first-order chi connectivity index (χ1) is 11.2. The summed E-state index contributed by atoms with van der Waals surface area (Å²) in [6.45, 7) is 5.86. The first-order valence-electron chi connectivity index (χ1n) is 7.49. The molecule has 3 N–H and O–H groups in total. The monoisotopic (exact) mass is 339 g/mol. The molecule has 0 atom stereocenters. The predicted molar refractivity (Wildman–Crippen MR) is 90.8 cm³/mol. The number of anilines is 1. The van der Waals surface area contributed by atoms with E-state index in [0.717, 1.165) is 0 Å². The summed E-state index contributed by atoms with van der Waals surface area (Å²) in [5.74, 6) is 1.09. The Morgan fingerprint density at radius 3 is 2.21 bits per heavy atom. The summed E-state index contributed by atoms with van der Waals surface area (Å²) in [5.41, 5.74) is 0.00715. The van der Waals surface area contributed by atoms with E-state index in [4.69, 9.17) is 14.2 Å². The summed E-state index contributed by atoms with van der Waals surface area (Å²) in [4.78, 5) is 23.2. The molecule has 0 heterocycles. The lowest BCUT2D eigenvalue weighted by atomic mass is 10.2. The van der Waals surface area contributed by atoms with Crippen LogP contribution in [0.1, 0.15) is 20.8 Å². The molecule has 24 heavy (non-hydrogen) atoms. The number of carbonyl (C=O) groups excluding carboxylic acids is 2. The third kappa shape index (κ3) is 7.08. The SMILES string of the molecule is COc1ccc(NC(=O)NCCNC(=O)OC(C)(C)C)cc1OC. The molecular formula is C16H25N3O5. The van der Waals surface area contributed by atoms with E-state index >= 15 is 0 Å². The van der Waals surface area contributed by atoms with Gasteiger partial charge in [0.05, 0.1) is 14.2 Å². The molecule has 0 saturated carbocycles. The Bertz CT molecular complexity index is 569. The van der Waals surface area contributed by atoms with Crippen molar-refractivity contribution in [3.63, 3.8) is 0 Å². The van der Waals surface area contributed by atoms with Gasteiger partial charge in [0.1, 0.15) is 5.60 Å². The molecule has 0 fully saturated rings. The minimum atomic E-state index is -0.553. The summed E-state index contributed by atoms with van der Waals surface area (Å²) in [5, 5.41) is 7.84. The van der Waals surface area contributed by atoms with Crippen molar-refractivity contribution >= 4 is 17.8 Å². The molecule has 0 radical (unpaired) electrons. The Hall–Kier alpha value is -2.64. The maximum Gasteiger partial charge on any atom is 0.407 e. The molecule has 1 rings (SSSR count). The van der Waals surface area contributed by atoms with Crippen LogP contribution in [0.15, 0.2) is 18.2 Å².